The van der Waals surface area contributed by atoms with Crippen LogP contribution in [0.1, 0.15) is 30.7 Å². The molecule has 1 aromatic heterocycles. The summed E-state index contributed by atoms with van der Waals surface area (Å²) in [6.45, 7) is 2.96. The number of aromatic nitrogens is 2. The highest BCUT2D eigenvalue weighted by Crippen LogP contribution is 2.28. The zero-order chi connectivity index (χ0) is 8.55. The van der Waals surface area contributed by atoms with Crippen molar-refractivity contribution < 1.29 is 4.42 Å². The van der Waals surface area contributed by atoms with Gasteiger partial charge in [0.1, 0.15) is 0 Å². The molecule has 0 bridgehead atoms. The number of nitrogens with zero attached hydrogens (tertiary/aromatic N) is 3. The smallest absolute Gasteiger partial charge is 0.233 e. The molecule has 0 saturated carbocycles. The van der Waals surface area contributed by atoms with Gasteiger partial charge in [0.15, 0.2) is 0 Å². The molecule has 1 fully saturated rings. The number of aryl methyl sites for hydroxylation is 1. The van der Waals surface area contributed by atoms with Crippen LogP contribution in [0.15, 0.2) is 4.42 Å². The van der Waals surface area contributed by atoms with Crippen LogP contribution in [0.4, 0.5) is 0 Å². The van der Waals surface area contributed by atoms with Crippen LogP contribution >= 0.6 is 0 Å². The minimum atomic E-state index is 0.353. The Bertz CT molecular complexity index is 271. The maximum absolute atomic E-state index is 5.37. The van der Waals surface area contributed by atoms with Gasteiger partial charge in [0.25, 0.3) is 0 Å². The predicted molar refractivity (Wildman–Crippen MR) is 43.6 cm³/mol. The molecule has 1 atom stereocenters. The summed E-state index contributed by atoms with van der Waals surface area (Å²) in [6.07, 6.45) is 2.36. The van der Waals surface area contributed by atoms with Crippen LogP contribution in [-0.2, 0) is 0 Å². The lowest BCUT2D eigenvalue weighted by atomic mass is 10.2. The van der Waals surface area contributed by atoms with Crippen molar-refractivity contribution in [3.8, 4) is 0 Å². The molecular weight excluding hydrogens is 154 g/mol. The van der Waals surface area contributed by atoms with Crippen molar-refractivity contribution >= 4 is 0 Å². The Labute approximate surface area is 71.6 Å². The molecule has 1 saturated heterocycles. The highest BCUT2D eigenvalue weighted by Gasteiger charge is 2.26. The molecule has 1 aliphatic heterocycles. The molecule has 0 N–H and O–H groups in total. The minimum Gasteiger partial charge on any atom is -0.424 e. The maximum Gasteiger partial charge on any atom is 0.233 e. The maximum atomic E-state index is 5.37. The minimum absolute atomic E-state index is 0.353. The SMILES string of the molecule is Cc1nnc([C@H]2CCCN2C)o1. The van der Waals surface area contributed by atoms with E-state index in [1.807, 2.05) is 6.92 Å². The van der Waals surface area contributed by atoms with Crippen molar-refractivity contribution in [2.45, 2.75) is 25.8 Å². The van der Waals surface area contributed by atoms with Gasteiger partial charge >= 0.3 is 0 Å². The first kappa shape index (κ1) is 7.73. The Hall–Kier alpha value is -0.900. The molecule has 4 heteroatoms. The van der Waals surface area contributed by atoms with Crippen molar-refractivity contribution in [1.29, 1.82) is 0 Å². The second kappa shape index (κ2) is 2.86. The zero-order valence-corrected chi connectivity index (χ0v) is 7.45. The van der Waals surface area contributed by atoms with Gasteiger partial charge in [-0.3, -0.25) is 4.90 Å². The van der Waals surface area contributed by atoms with Crippen molar-refractivity contribution in [3.05, 3.63) is 11.8 Å². The van der Waals surface area contributed by atoms with Gasteiger partial charge in [-0.2, -0.15) is 0 Å². The van der Waals surface area contributed by atoms with Crippen molar-refractivity contribution in [2.24, 2.45) is 0 Å². The lowest BCUT2D eigenvalue weighted by Gasteiger charge is -2.14. The van der Waals surface area contributed by atoms with Gasteiger partial charge in [-0.15, -0.1) is 10.2 Å². The molecule has 0 radical (unpaired) electrons. The molecule has 0 spiro atoms. The Kier molecular flexibility index (Phi) is 1.84. The third-order valence-corrected chi connectivity index (χ3v) is 2.35. The number of hydrogen-bond acceptors (Lipinski definition) is 4. The summed E-state index contributed by atoms with van der Waals surface area (Å²) in [5, 5.41) is 7.84. The molecule has 2 heterocycles. The van der Waals surface area contributed by atoms with Crippen LogP contribution in [0, 0.1) is 6.92 Å². The van der Waals surface area contributed by atoms with Gasteiger partial charge in [-0.1, -0.05) is 0 Å². The lowest BCUT2D eigenvalue weighted by Crippen LogP contribution is -2.17. The fraction of sp³-hybridized carbons (Fsp3) is 0.750. The summed E-state index contributed by atoms with van der Waals surface area (Å²) in [5.41, 5.74) is 0. The van der Waals surface area contributed by atoms with Gasteiger partial charge in [-0.25, -0.2) is 0 Å². The molecule has 0 amide bonds. The van der Waals surface area contributed by atoms with Crippen LogP contribution in [0.25, 0.3) is 0 Å². The third-order valence-electron chi connectivity index (χ3n) is 2.35. The molecule has 1 aliphatic rings. The molecule has 4 nitrogen and oxygen atoms in total. The highest BCUT2D eigenvalue weighted by molar-refractivity contribution is 4.92. The van der Waals surface area contributed by atoms with Gasteiger partial charge in [0.2, 0.25) is 11.8 Å². The van der Waals surface area contributed by atoms with E-state index in [0.717, 1.165) is 18.9 Å². The monoisotopic (exact) mass is 167 g/mol. The van der Waals surface area contributed by atoms with Crippen LogP contribution < -0.4 is 0 Å². The lowest BCUT2D eigenvalue weighted by molar-refractivity contribution is 0.265. The fourth-order valence-electron chi connectivity index (χ4n) is 1.67. The quantitative estimate of drug-likeness (QED) is 0.629. The van der Waals surface area contributed by atoms with Crippen LogP contribution in [0.3, 0.4) is 0 Å². The summed E-state index contributed by atoms with van der Waals surface area (Å²) in [6, 6.07) is 0.353. The first-order chi connectivity index (χ1) is 5.77. The number of rotatable bonds is 1. The van der Waals surface area contributed by atoms with Crippen LogP contribution in [0.5, 0.6) is 0 Å². The van der Waals surface area contributed by atoms with E-state index in [9.17, 15) is 0 Å². The average Bonchev–Trinajstić information content (AvgIpc) is 2.58. The van der Waals surface area contributed by atoms with Crippen LogP contribution in [-0.4, -0.2) is 28.7 Å². The molecule has 2 rings (SSSR count). The van der Waals surface area contributed by atoms with E-state index in [1.165, 1.54) is 6.42 Å². The molecule has 1 aromatic rings. The molecule has 0 aliphatic carbocycles. The summed E-state index contributed by atoms with van der Waals surface area (Å²) >= 11 is 0. The van der Waals surface area contributed by atoms with Crippen molar-refractivity contribution in [1.82, 2.24) is 15.1 Å². The molecular formula is C8H13N3O. The largest absolute Gasteiger partial charge is 0.424 e. The second-order valence-electron chi connectivity index (χ2n) is 3.30. The average molecular weight is 167 g/mol. The van der Waals surface area contributed by atoms with Gasteiger partial charge in [-0.05, 0) is 26.4 Å². The Morgan fingerprint density at radius 1 is 1.50 bits per heavy atom. The van der Waals surface area contributed by atoms with Gasteiger partial charge < -0.3 is 4.42 Å². The predicted octanol–water partition coefficient (Wildman–Crippen LogP) is 1.14. The van der Waals surface area contributed by atoms with E-state index in [2.05, 4.69) is 22.1 Å². The molecule has 0 aromatic carbocycles. The standard InChI is InChI=1S/C8H13N3O/c1-6-9-10-8(12-6)7-4-3-5-11(7)2/h7H,3-5H2,1-2H3/t7-/m1/s1. The Morgan fingerprint density at radius 2 is 2.33 bits per heavy atom. The summed E-state index contributed by atoms with van der Waals surface area (Å²) in [5.74, 6) is 1.43. The summed E-state index contributed by atoms with van der Waals surface area (Å²) in [7, 11) is 2.09. The Balaban J connectivity index is 2.19. The second-order valence-corrected chi connectivity index (χ2v) is 3.30. The van der Waals surface area contributed by atoms with Crippen molar-refractivity contribution in [2.75, 3.05) is 13.6 Å². The van der Waals surface area contributed by atoms with E-state index >= 15 is 0 Å². The third kappa shape index (κ3) is 1.22. The van der Waals surface area contributed by atoms with E-state index in [-0.39, 0.29) is 0 Å². The summed E-state index contributed by atoms with van der Waals surface area (Å²) in [4.78, 5) is 2.26. The van der Waals surface area contributed by atoms with E-state index < -0.39 is 0 Å². The zero-order valence-electron chi connectivity index (χ0n) is 7.45. The first-order valence-corrected chi connectivity index (χ1v) is 4.27. The van der Waals surface area contributed by atoms with Crippen LogP contribution in [0.2, 0.25) is 0 Å². The van der Waals surface area contributed by atoms with Gasteiger partial charge in [0.05, 0.1) is 6.04 Å². The molecule has 66 valence electrons. The topological polar surface area (TPSA) is 42.2 Å². The van der Waals surface area contributed by atoms with Crippen molar-refractivity contribution in [3.63, 3.8) is 0 Å². The molecule has 0 unspecified atom stereocenters. The first-order valence-electron chi connectivity index (χ1n) is 4.27. The Morgan fingerprint density at radius 3 is 2.83 bits per heavy atom. The molecule has 12 heavy (non-hydrogen) atoms. The van der Waals surface area contributed by atoms with E-state index in [0.29, 0.717) is 11.9 Å². The normalized spacial score (nSPS) is 25.0. The van der Waals surface area contributed by atoms with E-state index in [1.54, 1.807) is 0 Å². The number of hydrogen-bond donors (Lipinski definition) is 0. The highest BCUT2D eigenvalue weighted by atomic mass is 16.4. The van der Waals surface area contributed by atoms with E-state index in [4.69, 9.17) is 4.42 Å². The number of likely N-dealkylation sites (tertiary alicyclic amines) is 1. The summed E-state index contributed by atoms with van der Waals surface area (Å²) < 4.78 is 5.37. The fourth-order valence-corrected chi connectivity index (χ4v) is 1.67. The van der Waals surface area contributed by atoms with Gasteiger partial charge in [0, 0.05) is 6.92 Å².